The highest BCUT2D eigenvalue weighted by atomic mass is 16.5. The number of aromatic nitrogens is 3. The lowest BCUT2D eigenvalue weighted by Crippen LogP contribution is -1.96. The van der Waals surface area contributed by atoms with Crippen LogP contribution in [0.5, 0.6) is 11.6 Å². The van der Waals surface area contributed by atoms with E-state index in [9.17, 15) is 0 Å². The summed E-state index contributed by atoms with van der Waals surface area (Å²) in [6.07, 6.45) is 4.95. The molecule has 19 heavy (non-hydrogen) atoms. The zero-order chi connectivity index (χ0) is 13.1. The van der Waals surface area contributed by atoms with Gasteiger partial charge in [0.15, 0.2) is 5.75 Å². The van der Waals surface area contributed by atoms with Crippen LogP contribution in [0.2, 0.25) is 0 Å². The SMILES string of the molecule is CNc1cncc(Oc2cccc3cccnc23)n1. The summed E-state index contributed by atoms with van der Waals surface area (Å²) in [5, 5.41) is 3.95. The number of benzene rings is 1. The summed E-state index contributed by atoms with van der Waals surface area (Å²) >= 11 is 0. The summed E-state index contributed by atoms with van der Waals surface area (Å²) in [6.45, 7) is 0. The van der Waals surface area contributed by atoms with E-state index in [2.05, 4.69) is 20.3 Å². The number of hydrogen-bond acceptors (Lipinski definition) is 5. The number of ether oxygens (including phenoxy) is 1. The molecule has 0 fully saturated rings. The molecule has 94 valence electrons. The Bertz CT molecular complexity index is 709. The number of fused-ring (bicyclic) bond motifs is 1. The third-order valence-electron chi connectivity index (χ3n) is 2.68. The predicted octanol–water partition coefficient (Wildman–Crippen LogP) is 2.86. The molecule has 0 radical (unpaired) electrons. The quantitative estimate of drug-likeness (QED) is 0.776. The van der Waals surface area contributed by atoms with Crippen molar-refractivity contribution in [3.8, 4) is 11.6 Å². The Kier molecular flexibility index (Phi) is 2.94. The van der Waals surface area contributed by atoms with E-state index in [0.717, 1.165) is 10.9 Å². The lowest BCUT2D eigenvalue weighted by molar-refractivity contribution is 0.465. The van der Waals surface area contributed by atoms with Gasteiger partial charge in [0, 0.05) is 18.6 Å². The Morgan fingerprint density at radius 2 is 2.00 bits per heavy atom. The van der Waals surface area contributed by atoms with E-state index in [4.69, 9.17) is 4.74 Å². The summed E-state index contributed by atoms with van der Waals surface area (Å²) < 4.78 is 5.76. The molecule has 2 aromatic heterocycles. The maximum Gasteiger partial charge on any atom is 0.239 e. The van der Waals surface area contributed by atoms with E-state index < -0.39 is 0 Å². The molecule has 3 aromatic rings. The third kappa shape index (κ3) is 2.30. The summed E-state index contributed by atoms with van der Waals surface area (Å²) in [6, 6.07) is 9.67. The predicted molar refractivity (Wildman–Crippen MR) is 73.4 cm³/mol. The van der Waals surface area contributed by atoms with E-state index >= 15 is 0 Å². The van der Waals surface area contributed by atoms with E-state index in [1.54, 1.807) is 25.6 Å². The van der Waals surface area contributed by atoms with Crippen LogP contribution in [0.1, 0.15) is 0 Å². The molecule has 0 amide bonds. The second-order valence-electron chi connectivity index (χ2n) is 3.93. The van der Waals surface area contributed by atoms with Crippen LogP contribution in [0, 0.1) is 0 Å². The summed E-state index contributed by atoms with van der Waals surface area (Å²) in [5.41, 5.74) is 0.807. The molecule has 0 atom stereocenters. The van der Waals surface area contributed by atoms with Gasteiger partial charge in [-0.05, 0) is 12.1 Å². The largest absolute Gasteiger partial charge is 0.435 e. The van der Waals surface area contributed by atoms with Gasteiger partial charge in [0.2, 0.25) is 5.88 Å². The standard InChI is InChI=1S/C14H12N4O/c1-15-12-8-16-9-13(18-12)19-11-6-2-4-10-5-3-7-17-14(10)11/h2-9H,1H3,(H,15,18). The van der Waals surface area contributed by atoms with Crippen LogP contribution in [0.15, 0.2) is 48.9 Å². The van der Waals surface area contributed by atoms with Crippen molar-refractivity contribution in [2.75, 3.05) is 12.4 Å². The first-order valence-electron chi connectivity index (χ1n) is 5.88. The molecule has 0 aliphatic rings. The second kappa shape index (κ2) is 4.89. The Morgan fingerprint density at radius 1 is 1.11 bits per heavy atom. The van der Waals surface area contributed by atoms with Gasteiger partial charge in [0.25, 0.3) is 0 Å². The van der Waals surface area contributed by atoms with E-state index in [1.807, 2.05) is 30.3 Å². The Balaban J connectivity index is 2.01. The molecule has 0 saturated heterocycles. The van der Waals surface area contributed by atoms with Gasteiger partial charge in [-0.15, -0.1) is 0 Å². The van der Waals surface area contributed by atoms with Crippen molar-refractivity contribution in [1.82, 2.24) is 15.0 Å². The average molecular weight is 252 g/mol. The molecule has 5 heteroatoms. The van der Waals surface area contributed by atoms with Crippen LogP contribution >= 0.6 is 0 Å². The minimum atomic E-state index is 0.435. The van der Waals surface area contributed by atoms with Crippen molar-refractivity contribution >= 4 is 16.7 Å². The summed E-state index contributed by atoms with van der Waals surface area (Å²) in [7, 11) is 1.78. The van der Waals surface area contributed by atoms with Crippen molar-refractivity contribution < 1.29 is 4.74 Å². The monoisotopic (exact) mass is 252 g/mol. The molecule has 3 rings (SSSR count). The van der Waals surface area contributed by atoms with Gasteiger partial charge in [-0.3, -0.25) is 9.97 Å². The fourth-order valence-corrected chi connectivity index (χ4v) is 1.79. The Labute approximate surface area is 110 Å². The maximum absolute atomic E-state index is 5.76. The van der Waals surface area contributed by atoms with E-state index in [0.29, 0.717) is 17.4 Å². The molecule has 0 spiro atoms. The highest BCUT2D eigenvalue weighted by Crippen LogP contribution is 2.27. The van der Waals surface area contributed by atoms with Crippen LogP contribution in [0.3, 0.4) is 0 Å². The number of anilines is 1. The van der Waals surface area contributed by atoms with Gasteiger partial charge in [0.1, 0.15) is 11.3 Å². The molecule has 1 aromatic carbocycles. The van der Waals surface area contributed by atoms with Crippen LogP contribution in [0.25, 0.3) is 10.9 Å². The van der Waals surface area contributed by atoms with Crippen LogP contribution < -0.4 is 10.1 Å². The van der Waals surface area contributed by atoms with Crippen LogP contribution in [-0.2, 0) is 0 Å². The topological polar surface area (TPSA) is 59.9 Å². The van der Waals surface area contributed by atoms with Gasteiger partial charge in [-0.2, -0.15) is 4.98 Å². The zero-order valence-corrected chi connectivity index (χ0v) is 10.4. The molecular formula is C14H12N4O. The first-order chi connectivity index (χ1) is 9.36. The summed E-state index contributed by atoms with van der Waals surface area (Å²) in [4.78, 5) is 12.7. The first-order valence-corrected chi connectivity index (χ1v) is 5.88. The lowest BCUT2D eigenvalue weighted by atomic mass is 10.2. The smallest absolute Gasteiger partial charge is 0.239 e. The highest BCUT2D eigenvalue weighted by Gasteiger charge is 2.05. The molecule has 0 saturated carbocycles. The number of hydrogen-bond donors (Lipinski definition) is 1. The minimum absolute atomic E-state index is 0.435. The van der Waals surface area contributed by atoms with Gasteiger partial charge < -0.3 is 10.1 Å². The zero-order valence-electron chi connectivity index (χ0n) is 10.4. The van der Waals surface area contributed by atoms with Crippen molar-refractivity contribution in [2.24, 2.45) is 0 Å². The molecule has 0 unspecified atom stereocenters. The van der Waals surface area contributed by atoms with Gasteiger partial charge in [-0.25, -0.2) is 0 Å². The van der Waals surface area contributed by atoms with Crippen molar-refractivity contribution in [3.63, 3.8) is 0 Å². The number of rotatable bonds is 3. The van der Waals surface area contributed by atoms with Crippen molar-refractivity contribution in [2.45, 2.75) is 0 Å². The van der Waals surface area contributed by atoms with Gasteiger partial charge in [-0.1, -0.05) is 18.2 Å². The van der Waals surface area contributed by atoms with E-state index in [-0.39, 0.29) is 0 Å². The molecule has 0 aliphatic carbocycles. The number of pyridine rings is 1. The normalized spacial score (nSPS) is 10.4. The average Bonchev–Trinajstić information content (AvgIpc) is 2.48. The van der Waals surface area contributed by atoms with Crippen molar-refractivity contribution in [3.05, 3.63) is 48.9 Å². The number of nitrogens with one attached hydrogen (secondary N) is 1. The van der Waals surface area contributed by atoms with Crippen molar-refractivity contribution in [1.29, 1.82) is 0 Å². The third-order valence-corrected chi connectivity index (χ3v) is 2.68. The van der Waals surface area contributed by atoms with Gasteiger partial charge in [0.05, 0.1) is 12.4 Å². The highest BCUT2D eigenvalue weighted by molar-refractivity contribution is 5.84. The minimum Gasteiger partial charge on any atom is -0.435 e. The Hall–Kier alpha value is -2.69. The Morgan fingerprint density at radius 3 is 2.89 bits per heavy atom. The fourth-order valence-electron chi connectivity index (χ4n) is 1.79. The molecule has 0 bridgehead atoms. The number of nitrogens with zero attached hydrogens (tertiary/aromatic N) is 3. The number of para-hydroxylation sites is 1. The van der Waals surface area contributed by atoms with Crippen LogP contribution in [0.4, 0.5) is 5.82 Å². The van der Waals surface area contributed by atoms with Crippen LogP contribution in [-0.4, -0.2) is 22.0 Å². The first kappa shape index (κ1) is 11.4. The van der Waals surface area contributed by atoms with E-state index in [1.165, 1.54) is 0 Å². The molecular weight excluding hydrogens is 240 g/mol. The molecule has 1 N–H and O–H groups in total. The maximum atomic E-state index is 5.76. The summed E-state index contributed by atoms with van der Waals surface area (Å²) in [5.74, 6) is 1.76. The lowest BCUT2D eigenvalue weighted by Gasteiger charge is -2.07. The molecule has 5 nitrogen and oxygen atoms in total. The van der Waals surface area contributed by atoms with Gasteiger partial charge >= 0.3 is 0 Å². The molecule has 0 aliphatic heterocycles. The molecule has 2 heterocycles. The second-order valence-corrected chi connectivity index (χ2v) is 3.93. The fraction of sp³-hybridized carbons (Fsp3) is 0.0714.